The smallest absolute Gasteiger partial charge is 0.307 e. The van der Waals surface area contributed by atoms with Crippen LogP contribution in [0.1, 0.15) is 35.7 Å². The number of likely N-dealkylation sites (tertiary alicyclic amines) is 1. The van der Waals surface area contributed by atoms with E-state index in [4.69, 9.17) is 0 Å². The van der Waals surface area contributed by atoms with E-state index in [9.17, 15) is 9.90 Å². The van der Waals surface area contributed by atoms with Crippen LogP contribution < -0.4 is 0 Å². The Labute approximate surface area is 143 Å². The number of aromatic nitrogens is 1. The van der Waals surface area contributed by atoms with Gasteiger partial charge in [-0.05, 0) is 44.0 Å². The second kappa shape index (κ2) is 7.58. The molecule has 0 saturated carbocycles. The molecule has 1 aromatic heterocycles. The van der Waals surface area contributed by atoms with Gasteiger partial charge in [-0.2, -0.15) is 0 Å². The lowest BCUT2D eigenvalue weighted by Crippen LogP contribution is -2.41. The van der Waals surface area contributed by atoms with Crippen LogP contribution in [-0.2, 0) is 11.2 Å². The number of aliphatic carboxylic acids is 1. The number of benzene rings is 1. The quantitative estimate of drug-likeness (QED) is 0.915. The van der Waals surface area contributed by atoms with Crippen LogP contribution in [0, 0.1) is 12.8 Å². The number of carboxylic acids is 1. The average Bonchev–Trinajstić information content (AvgIpc) is 2.60. The number of nitrogens with zero attached hydrogens (tertiary/aromatic N) is 2. The number of aryl methyl sites for hydroxylation is 1. The first-order valence-electron chi connectivity index (χ1n) is 8.57. The Morgan fingerprint density at radius 2 is 2.21 bits per heavy atom. The largest absolute Gasteiger partial charge is 0.481 e. The molecule has 1 fully saturated rings. The molecule has 0 spiro atoms. The second-order valence-corrected chi connectivity index (χ2v) is 6.63. The van der Waals surface area contributed by atoms with Crippen molar-refractivity contribution in [1.82, 2.24) is 9.88 Å². The molecular weight excluding hydrogens is 300 g/mol. The zero-order valence-electron chi connectivity index (χ0n) is 14.1. The molecule has 24 heavy (non-hydrogen) atoms. The summed E-state index contributed by atoms with van der Waals surface area (Å²) in [6.45, 7) is 3.65. The van der Waals surface area contributed by atoms with Crippen molar-refractivity contribution >= 4 is 5.97 Å². The lowest BCUT2D eigenvalue weighted by atomic mass is 9.92. The summed E-state index contributed by atoms with van der Waals surface area (Å²) < 4.78 is 0. The minimum atomic E-state index is -0.680. The van der Waals surface area contributed by atoms with Crippen molar-refractivity contribution in [3.8, 4) is 0 Å². The molecule has 2 heterocycles. The van der Waals surface area contributed by atoms with Gasteiger partial charge in [-0.1, -0.05) is 35.9 Å². The molecular formula is C20H24N2O2. The molecule has 4 nitrogen and oxygen atoms in total. The molecule has 1 saturated heterocycles. The topological polar surface area (TPSA) is 53.4 Å². The highest BCUT2D eigenvalue weighted by molar-refractivity contribution is 5.70. The monoisotopic (exact) mass is 324 g/mol. The number of hydrogen-bond acceptors (Lipinski definition) is 3. The lowest BCUT2D eigenvalue weighted by Gasteiger charge is -2.37. The zero-order chi connectivity index (χ0) is 16.9. The van der Waals surface area contributed by atoms with Gasteiger partial charge < -0.3 is 5.11 Å². The van der Waals surface area contributed by atoms with Crippen LogP contribution in [-0.4, -0.2) is 34.0 Å². The van der Waals surface area contributed by atoms with Crippen LogP contribution in [0.5, 0.6) is 0 Å². The summed E-state index contributed by atoms with van der Waals surface area (Å²) in [4.78, 5) is 18.2. The Hall–Kier alpha value is -2.20. The van der Waals surface area contributed by atoms with E-state index in [1.807, 2.05) is 24.4 Å². The Morgan fingerprint density at radius 1 is 1.33 bits per heavy atom. The van der Waals surface area contributed by atoms with Crippen molar-refractivity contribution in [3.05, 3.63) is 65.5 Å². The molecule has 3 rings (SSSR count). The van der Waals surface area contributed by atoms with Gasteiger partial charge in [0.1, 0.15) is 0 Å². The molecule has 2 aromatic rings. The fraction of sp³-hybridized carbons (Fsp3) is 0.400. The van der Waals surface area contributed by atoms with E-state index < -0.39 is 5.97 Å². The first kappa shape index (κ1) is 16.7. The highest BCUT2D eigenvalue weighted by atomic mass is 16.4. The van der Waals surface area contributed by atoms with Gasteiger partial charge in [-0.15, -0.1) is 0 Å². The van der Waals surface area contributed by atoms with Gasteiger partial charge in [0.15, 0.2) is 0 Å². The van der Waals surface area contributed by atoms with E-state index in [0.29, 0.717) is 6.54 Å². The van der Waals surface area contributed by atoms with Crippen molar-refractivity contribution in [1.29, 1.82) is 0 Å². The number of carboxylic acid groups (broad SMARTS) is 1. The van der Waals surface area contributed by atoms with Gasteiger partial charge in [-0.25, -0.2) is 0 Å². The molecule has 0 radical (unpaired) electrons. The molecule has 2 atom stereocenters. The molecule has 1 N–H and O–H groups in total. The summed E-state index contributed by atoms with van der Waals surface area (Å²) in [5.41, 5.74) is 3.51. The van der Waals surface area contributed by atoms with Gasteiger partial charge >= 0.3 is 5.97 Å². The molecule has 4 heteroatoms. The van der Waals surface area contributed by atoms with Crippen molar-refractivity contribution < 1.29 is 9.90 Å². The van der Waals surface area contributed by atoms with E-state index in [-0.39, 0.29) is 12.0 Å². The minimum absolute atomic E-state index is 0.168. The molecule has 0 aliphatic carbocycles. The highest BCUT2D eigenvalue weighted by Crippen LogP contribution is 2.30. The standard InChI is InChI=1S/C20H24N2O2/c1-15-6-4-7-16(12-15)19(13-18-9-2-3-10-21-18)22-11-5-8-17(14-22)20(23)24/h2-4,6-7,9-10,12,17,19H,5,8,11,13-14H2,1H3,(H,23,24). The highest BCUT2D eigenvalue weighted by Gasteiger charge is 2.30. The summed E-state index contributed by atoms with van der Waals surface area (Å²) in [5, 5.41) is 9.40. The van der Waals surface area contributed by atoms with Crippen molar-refractivity contribution in [2.75, 3.05) is 13.1 Å². The predicted molar refractivity (Wildman–Crippen MR) is 93.8 cm³/mol. The van der Waals surface area contributed by atoms with Crippen LogP contribution in [0.15, 0.2) is 48.7 Å². The number of pyridine rings is 1. The third kappa shape index (κ3) is 4.01. The van der Waals surface area contributed by atoms with Gasteiger partial charge in [0.05, 0.1) is 5.92 Å². The van der Waals surface area contributed by atoms with Gasteiger partial charge in [0, 0.05) is 30.9 Å². The first-order valence-corrected chi connectivity index (χ1v) is 8.57. The van der Waals surface area contributed by atoms with Crippen LogP contribution >= 0.6 is 0 Å². The molecule has 126 valence electrons. The summed E-state index contributed by atoms with van der Waals surface area (Å²) in [7, 11) is 0. The van der Waals surface area contributed by atoms with Gasteiger partial charge in [0.25, 0.3) is 0 Å². The van der Waals surface area contributed by atoms with Crippen molar-refractivity contribution in [2.24, 2.45) is 5.92 Å². The lowest BCUT2D eigenvalue weighted by molar-refractivity contribution is -0.144. The van der Waals surface area contributed by atoms with E-state index in [0.717, 1.165) is 31.5 Å². The second-order valence-electron chi connectivity index (χ2n) is 6.63. The number of piperidine rings is 1. The summed E-state index contributed by atoms with van der Waals surface area (Å²) in [6.07, 6.45) is 4.33. The van der Waals surface area contributed by atoms with Crippen molar-refractivity contribution in [2.45, 2.75) is 32.2 Å². The van der Waals surface area contributed by atoms with E-state index in [2.05, 4.69) is 41.1 Å². The summed E-state index contributed by atoms with van der Waals surface area (Å²) in [5.74, 6) is -0.949. The maximum atomic E-state index is 11.4. The average molecular weight is 324 g/mol. The Balaban J connectivity index is 1.88. The Morgan fingerprint density at radius 3 is 2.92 bits per heavy atom. The summed E-state index contributed by atoms with van der Waals surface area (Å²) in [6, 6.07) is 14.7. The van der Waals surface area contributed by atoms with E-state index in [1.54, 1.807) is 0 Å². The fourth-order valence-electron chi connectivity index (χ4n) is 3.54. The third-order valence-corrected chi connectivity index (χ3v) is 4.80. The van der Waals surface area contributed by atoms with Gasteiger partial charge in [0.2, 0.25) is 0 Å². The molecule has 1 aromatic carbocycles. The number of carbonyl (C=O) groups is 1. The molecule has 0 bridgehead atoms. The molecule has 2 unspecified atom stereocenters. The molecule has 1 aliphatic rings. The normalized spacial score (nSPS) is 19.8. The molecule has 1 aliphatic heterocycles. The molecule has 0 amide bonds. The number of rotatable bonds is 5. The first-order chi connectivity index (χ1) is 11.6. The Kier molecular flexibility index (Phi) is 5.26. The van der Waals surface area contributed by atoms with Gasteiger partial charge in [-0.3, -0.25) is 14.7 Å². The third-order valence-electron chi connectivity index (χ3n) is 4.80. The SMILES string of the molecule is Cc1cccc(C(Cc2ccccn2)N2CCCC(C(=O)O)C2)c1. The predicted octanol–water partition coefficient (Wildman–Crippen LogP) is 3.47. The number of hydrogen-bond donors (Lipinski definition) is 1. The zero-order valence-corrected chi connectivity index (χ0v) is 14.1. The van der Waals surface area contributed by atoms with E-state index >= 15 is 0 Å². The van der Waals surface area contributed by atoms with Crippen LogP contribution in [0.4, 0.5) is 0 Å². The Bertz CT molecular complexity index is 687. The van der Waals surface area contributed by atoms with Crippen molar-refractivity contribution in [3.63, 3.8) is 0 Å². The van der Waals surface area contributed by atoms with Crippen LogP contribution in [0.25, 0.3) is 0 Å². The summed E-state index contributed by atoms with van der Waals surface area (Å²) >= 11 is 0. The van der Waals surface area contributed by atoms with Crippen LogP contribution in [0.3, 0.4) is 0 Å². The minimum Gasteiger partial charge on any atom is -0.481 e. The van der Waals surface area contributed by atoms with E-state index in [1.165, 1.54) is 11.1 Å². The van der Waals surface area contributed by atoms with Crippen LogP contribution in [0.2, 0.25) is 0 Å². The maximum absolute atomic E-state index is 11.4. The maximum Gasteiger partial charge on any atom is 0.307 e. The fourth-order valence-corrected chi connectivity index (χ4v) is 3.54.